The minimum atomic E-state index is 0.674. The molecule has 0 amide bonds. The van der Waals surface area contributed by atoms with Crippen LogP contribution < -0.4 is 4.74 Å². The quantitative estimate of drug-likeness (QED) is 0.414. The van der Waals surface area contributed by atoms with Gasteiger partial charge < -0.3 is 14.2 Å². The van der Waals surface area contributed by atoms with E-state index in [4.69, 9.17) is 4.74 Å². The van der Waals surface area contributed by atoms with Crippen molar-refractivity contribution in [3.05, 3.63) is 54.1 Å². The van der Waals surface area contributed by atoms with Crippen molar-refractivity contribution in [2.75, 3.05) is 45.9 Å². The van der Waals surface area contributed by atoms with Crippen LogP contribution in [0, 0.1) is 5.92 Å². The van der Waals surface area contributed by atoms with E-state index >= 15 is 0 Å². The van der Waals surface area contributed by atoms with Crippen molar-refractivity contribution in [2.24, 2.45) is 5.92 Å². The van der Waals surface area contributed by atoms with Gasteiger partial charge >= 0.3 is 0 Å². The Balaban J connectivity index is 1.35. The molecule has 32 heavy (non-hydrogen) atoms. The lowest BCUT2D eigenvalue weighted by Gasteiger charge is -2.41. The molecule has 3 fully saturated rings. The van der Waals surface area contributed by atoms with E-state index in [9.17, 15) is 0 Å². The largest absolute Gasteiger partial charge is 0.489 e. The number of hydrogen-bond acceptors (Lipinski definition) is 3. The van der Waals surface area contributed by atoms with Crippen molar-refractivity contribution in [1.82, 2.24) is 14.4 Å². The van der Waals surface area contributed by atoms with Gasteiger partial charge in [-0.25, -0.2) is 0 Å². The summed E-state index contributed by atoms with van der Waals surface area (Å²) in [5.74, 6) is 1.77. The van der Waals surface area contributed by atoms with Crippen LogP contribution in [0.3, 0.4) is 0 Å². The predicted octanol–water partition coefficient (Wildman–Crippen LogP) is 5.56. The second-order valence-corrected chi connectivity index (χ2v) is 9.37. The zero-order valence-electron chi connectivity index (χ0n) is 19.7. The number of ether oxygens (including phenoxy) is 1. The van der Waals surface area contributed by atoms with Gasteiger partial charge in [0.05, 0.1) is 5.52 Å². The molecule has 0 spiro atoms. The van der Waals surface area contributed by atoms with Crippen molar-refractivity contribution in [3.63, 3.8) is 0 Å². The van der Waals surface area contributed by atoms with Gasteiger partial charge in [-0.1, -0.05) is 37.6 Å². The summed E-state index contributed by atoms with van der Waals surface area (Å²) in [4.78, 5) is 5.08. The van der Waals surface area contributed by atoms with Gasteiger partial charge in [0.25, 0.3) is 0 Å². The molecule has 3 aliphatic rings. The van der Waals surface area contributed by atoms with E-state index in [-0.39, 0.29) is 0 Å². The first-order valence-electron chi connectivity index (χ1n) is 12.5. The van der Waals surface area contributed by atoms with Gasteiger partial charge in [0.2, 0.25) is 0 Å². The van der Waals surface area contributed by atoms with Crippen LogP contribution in [0.1, 0.15) is 33.1 Å². The van der Waals surface area contributed by atoms with E-state index in [0.29, 0.717) is 6.61 Å². The third-order valence-electron chi connectivity index (χ3n) is 7.61. The molecule has 6 rings (SSSR count). The van der Waals surface area contributed by atoms with Crippen molar-refractivity contribution >= 4 is 21.8 Å². The Labute approximate surface area is 192 Å². The normalized spacial score (nSPS) is 21.9. The summed E-state index contributed by atoms with van der Waals surface area (Å²) in [7, 11) is 0. The Kier molecular flexibility index (Phi) is 6.52. The topological polar surface area (TPSA) is 20.6 Å². The summed E-state index contributed by atoms with van der Waals surface area (Å²) in [5.41, 5.74) is 4.21. The lowest BCUT2D eigenvalue weighted by Crippen LogP contribution is -2.43. The molecule has 4 heterocycles. The minimum absolute atomic E-state index is 0.674. The van der Waals surface area contributed by atoms with Crippen LogP contribution in [-0.2, 0) is 6.54 Å². The van der Waals surface area contributed by atoms with Gasteiger partial charge in [-0.2, -0.15) is 0 Å². The molecule has 0 unspecified atom stereocenters. The van der Waals surface area contributed by atoms with Gasteiger partial charge in [0, 0.05) is 35.4 Å². The first-order chi connectivity index (χ1) is 15.8. The molecule has 0 N–H and O–H groups in total. The number of para-hydroxylation sites is 1. The highest BCUT2D eigenvalue weighted by Crippen LogP contribution is 2.33. The third-order valence-corrected chi connectivity index (χ3v) is 7.61. The van der Waals surface area contributed by atoms with Crippen molar-refractivity contribution < 1.29 is 4.74 Å². The molecule has 0 saturated carbocycles. The van der Waals surface area contributed by atoms with Crippen LogP contribution in [-0.4, -0.2) is 60.2 Å². The zero-order valence-corrected chi connectivity index (χ0v) is 19.7. The van der Waals surface area contributed by atoms with Gasteiger partial charge in [0.15, 0.2) is 0 Å². The number of fused-ring (bicyclic) bond motifs is 6. The number of rotatable bonds is 9. The Bertz CT molecular complexity index is 1090. The van der Waals surface area contributed by atoms with Crippen LogP contribution in [0.25, 0.3) is 21.8 Å². The zero-order chi connectivity index (χ0) is 21.9. The molecular weight excluding hydrogens is 394 g/mol. The molecule has 0 aliphatic carbocycles. The van der Waals surface area contributed by atoms with Crippen LogP contribution in [0.2, 0.25) is 0 Å². The summed E-state index contributed by atoms with van der Waals surface area (Å²) < 4.78 is 8.73. The molecule has 4 nitrogen and oxygen atoms in total. The highest BCUT2D eigenvalue weighted by molar-refractivity contribution is 6.08. The summed E-state index contributed by atoms with van der Waals surface area (Å²) in [6, 6.07) is 15.4. The Morgan fingerprint density at radius 3 is 2.53 bits per heavy atom. The minimum Gasteiger partial charge on any atom is -0.489 e. The fraction of sp³-hybridized carbons (Fsp3) is 0.500. The molecule has 2 bridgehead atoms. The average Bonchev–Trinajstić information content (AvgIpc) is 3.16. The van der Waals surface area contributed by atoms with Crippen molar-refractivity contribution in [2.45, 2.75) is 39.7 Å². The number of aryl methyl sites for hydroxylation is 1. The number of piperidine rings is 3. The molecule has 3 saturated heterocycles. The molecule has 1 aromatic heterocycles. The maximum Gasteiger partial charge on any atom is 0.121 e. The van der Waals surface area contributed by atoms with Gasteiger partial charge in [-0.3, -0.25) is 4.90 Å². The first-order valence-corrected chi connectivity index (χ1v) is 12.5. The van der Waals surface area contributed by atoms with E-state index < -0.39 is 0 Å². The molecule has 0 atom stereocenters. The SMILES string of the molecule is CCN(CC)CCCn1c2ccccc2c2ccc(OCC=C3CN4CCC3CC4)cc21. The number of hydrogen-bond donors (Lipinski definition) is 0. The smallest absolute Gasteiger partial charge is 0.121 e. The molecule has 4 heteroatoms. The number of nitrogens with zero attached hydrogens (tertiary/aromatic N) is 3. The lowest BCUT2D eigenvalue weighted by atomic mass is 9.84. The third kappa shape index (κ3) is 4.31. The molecular formula is C28H37N3O. The fourth-order valence-electron chi connectivity index (χ4n) is 5.68. The van der Waals surface area contributed by atoms with Crippen LogP contribution in [0.5, 0.6) is 5.75 Å². The molecule has 0 radical (unpaired) electrons. The number of aromatic nitrogens is 1. The highest BCUT2D eigenvalue weighted by Gasteiger charge is 2.29. The molecule has 170 valence electrons. The van der Waals surface area contributed by atoms with Crippen LogP contribution >= 0.6 is 0 Å². The monoisotopic (exact) mass is 431 g/mol. The van der Waals surface area contributed by atoms with E-state index in [2.05, 4.69) is 76.8 Å². The van der Waals surface area contributed by atoms with Gasteiger partial charge in [-0.05, 0) is 82.2 Å². The van der Waals surface area contributed by atoms with Gasteiger partial charge in [0.1, 0.15) is 12.4 Å². The maximum absolute atomic E-state index is 6.24. The lowest BCUT2D eigenvalue weighted by molar-refractivity contribution is 0.160. The van der Waals surface area contributed by atoms with Crippen molar-refractivity contribution in [1.29, 1.82) is 0 Å². The predicted molar refractivity (Wildman–Crippen MR) is 135 cm³/mol. The maximum atomic E-state index is 6.24. The standard InChI is InChI=1S/C28H37N3O/c1-3-29(4-2)15-7-16-31-27-9-6-5-8-25(27)26-11-10-24(20-28(26)31)32-19-14-23-21-30-17-12-22(23)13-18-30/h5-6,8-11,14,20,22H,3-4,7,12-13,15-19,21H2,1-2H3. The highest BCUT2D eigenvalue weighted by atomic mass is 16.5. The van der Waals surface area contributed by atoms with Gasteiger partial charge in [-0.15, -0.1) is 0 Å². The van der Waals surface area contributed by atoms with E-state index in [0.717, 1.165) is 50.8 Å². The van der Waals surface area contributed by atoms with E-state index in [1.54, 1.807) is 5.57 Å². The molecule has 2 aromatic carbocycles. The Morgan fingerprint density at radius 2 is 1.78 bits per heavy atom. The second-order valence-electron chi connectivity index (χ2n) is 9.37. The number of benzene rings is 2. The van der Waals surface area contributed by atoms with Crippen LogP contribution in [0.15, 0.2) is 54.1 Å². The summed E-state index contributed by atoms with van der Waals surface area (Å²) in [5, 5.41) is 2.66. The molecule has 3 aromatic rings. The Hall–Kier alpha value is -2.30. The fourth-order valence-corrected chi connectivity index (χ4v) is 5.68. The summed E-state index contributed by atoms with van der Waals surface area (Å²) in [6.45, 7) is 13.3. The van der Waals surface area contributed by atoms with Crippen molar-refractivity contribution in [3.8, 4) is 5.75 Å². The first kappa shape index (κ1) is 21.5. The summed E-state index contributed by atoms with van der Waals surface area (Å²) >= 11 is 0. The second kappa shape index (κ2) is 9.68. The average molecular weight is 432 g/mol. The molecule has 3 aliphatic heterocycles. The summed E-state index contributed by atoms with van der Waals surface area (Å²) in [6.07, 6.45) is 6.15. The van der Waals surface area contributed by atoms with E-state index in [1.807, 2.05) is 0 Å². The Morgan fingerprint density at radius 1 is 1.00 bits per heavy atom. The van der Waals surface area contributed by atoms with Crippen LogP contribution in [0.4, 0.5) is 0 Å². The van der Waals surface area contributed by atoms with E-state index in [1.165, 1.54) is 47.7 Å².